The van der Waals surface area contributed by atoms with Crippen molar-refractivity contribution in [2.24, 2.45) is 0 Å². The van der Waals surface area contributed by atoms with Crippen LogP contribution in [0, 0.1) is 0 Å². The van der Waals surface area contributed by atoms with E-state index in [9.17, 15) is 27.4 Å². The molecule has 2 aliphatic heterocycles. The topological polar surface area (TPSA) is 115 Å². The van der Waals surface area contributed by atoms with Crippen LogP contribution in [0.4, 0.5) is 10.5 Å². The molecular weight excluding hydrogens is 506 g/mol. The summed E-state index contributed by atoms with van der Waals surface area (Å²) in [6, 6.07) is 11.5. The van der Waals surface area contributed by atoms with Crippen LogP contribution in [0.25, 0.3) is 10.8 Å². The summed E-state index contributed by atoms with van der Waals surface area (Å²) in [5, 5.41) is 2.18. The Hall–Kier alpha value is -3.76. The van der Waals surface area contributed by atoms with E-state index in [-0.39, 0.29) is 24.3 Å². The number of carbonyl (C=O) groups excluding carboxylic acids is 3. The number of nitrogens with zero attached hydrogens (tertiary/aromatic N) is 3. The second-order valence-electron chi connectivity index (χ2n) is 9.81. The standard InChI is InChI=1S/C28H31N3O6S/c1-5-30-26(33)21(25(32)29(4)27(30)34)13-8-9-14-23-28(2,3)24-20-12-7-6-11-19(20)15-16-22(24)31(23)17-10-18-38(35,36)37/h6-9,11-16H,5,10,17-18H2,1-4H3,(H,35,36,37). The van der Waals surface area contributed by atoms with Crippen LogP contribution < -0.4 is 4.90 Å². The normalized spacial score (nSPS) is 20.0. The van der Waals surface area contributed by atoms with E-state index in [0.29, 0.717) is 6.54 Å². The molecule has 0 saturated carbocycles. The maximum absolute atomic E-state index is 12.7. The first-order valence-corrected chi connectivity index (χ1v) is 14.0. The Balaban J connectivity index is 1.72. The second-order valence-corrected chi connectivity index (χ2v) is 11.4. The van der Waals surface area contributed by atoms with Gasteiger partial charge in [0.15, 0.2) is 0 Å². The van der Waals surface area contributed by atoms with Crippen LogP contribution in [0.1, 0.15) is 32.8 Å². The Morgan fingerprint density at radius 2 is 1.63 bits per heavy atom. The molecule has 0 bridgehead atoms. The molecule has 9 nitrogen and oxygen atoms in total. The number of anilines is 1. The van der Waals surface area contributed by atoms with Gasteiger partial charge in [0.2, 0.25) is 0 Å². The molecule has 4 rings (SSSR count). The van der Waals surface area contributed by atoms with Crippen LogP contribution in [0.3, 0.4) is 0 Å². The summed E-state index contributed by atoms with van der Waals surface area (Å²) in [5.74, 6) is -1.65. The van der Waals surface area contributed by atoms with Crippen molar-refractivity contribution < 1.29 is 27.4 Å². The van der Waals surface area contributed by atoms with Crippen LogP contribution in [0.5, 0.6) is 0 Å². The smallest absolute Gasteiger partial charge is 0.333 e. The molecule has 2 aromatic rings. The van der Waals surface area contributed by atoms with Gasteiger partial charge in [0, 0.05) is 36.9 Å². The number of rotatable bonds is 7. The molecule has 2 heterocycles. The van der Waals surface area contributed by atoms with Crippen molar-refractivity contribution in [2.75, 3.05) is 30.8 Å². The number of likely N-dealkylation sites (N-methyl/N-ethyl adjacent to an activating group) is 2. The first-order chi connectivity index (χ1) is 17.9. The maximum atomic E-state index is 12.7. The van der Waals surface area contributed by atoms with Crippen LogP contribution in [-0.2, 0) is 25.1 Å². The lowest BCUT2D eigenvalue weighted by molar-refractivity contribution is -0.135. The maximum Gasteiger partial charge on any atom is 0.333 e. The van der Waals surface area contributed by atoms with Crippen LogP contribution in [0.2, 0.25) is 0 Å². The zero-order valence-electron chi connectivity index (χ0n) is 21.8. The van der Waals surface area contributed by atoms with Gasteiger partial charge in [-0.05, 0) is 47.9 Å². The number of amides is 4. The SMILES string of the molecule is CCN1C(=O)C(=CC=CC=C2N(CCCS(=O)(=O)O)c3ccc4ccccc4c3C2(C)C)C(=O)N(C)C1=O. The zero-order valence-corrected chi connectivity index (χ0v) is 22.7. The minimum absolute atomic E-state index is 0.103. The Bertz CT molecular complexity index is 1520. The van der Waals surface area contributed by atoms with Gasteiger partial charge in [0.05, 0.1) is 5.75 Å². The van der Waals surface area contributed by atoms with Crippen LogP contribution in [0.15, 0.2) is 72.0 Å². The number of imide groups is 2. The van der Waals surface area contributed by atoms with Crippen LogP contribution >= 0.6 is 0 Å². The van der Waals surface area contributed by atoms with E-state index < -0.39 is 33.4 Å². The fraction of sp³-hybridized carbons (Fsp3) is 0.321. The van der Waals surface area contributed by atoms with Gasteiger partial charge in [0.25, 0.3) is 21.9 Å². The lowest BCUT2D eigenvalue weighted by Crippen LogP contribution is -2.54. The van der Waals surface area contributed by atoms with E-state index in [1.54, 1.807) is 19.1 Å². The van der Waals surface area contributed by atoms with Crippen molar-refractivity contribution in [3.8, 4) is 0 Å². The molecule has 10 heteroatoms. The molecule has 1 fully saturated rings. The number of benzene rings is 2. The number of hydrogen-bond donors (Lipinski definition) is 1. The number of barbiturate groups is 1. The van der Waals surface area contributed by atoms with Gasteiger partial charge >= 0.3 is 6.03 Å². The molecule has 0 aliphatic carbocycles. The molecule has 0 atom stereocenters. The quantitative estimate of drug-likeness (QED) is 0.322. The van der Waals surface area contributed by atoms with E-state index in [1.807, 2.05) is 41.3 Å². The number of allylic oxidation sites excluding steroid dienone is 5. The van der Waals surface area contributed by atoms with Gasteiger partial charge in [-0.3, -0.25) is 23.9 Å². The van der Waals surface area contributed by atoms with E-state index in [2.05, 4.69) is 19.9 Å². The van der Waals surface area contributed by atoms with Crippen LogP contribution in [-0.4, -0.2) is 66.5 Å². The first kappa shape index (κ1) is 27.3. The highest BCUT2D eigenvalue weighted by Crippen LogP contribution is 2.50. The second kappa shape index (κ2) is 10.2. The number of hydrogen-bond acceptors (Lipinski definition) is 6. The summed E-state index contributed by atoms with van der Waals surface area (Å²) < 4.78 is 32.0. The summed E-state index contributed by atoms with van der Waals surface area (Å²) in [4.78, 5) is 41.4. The highest BCUT2D eigenvalue weighted by Gasteiger charge is 2.41. The van der Waals surface area contributed by atoms with Gasteiger partial charge in [0.1, 0.15) is 5.57 Å². The Morgan fingerprint density at radius 3 is 2.32 bits per heavy atom. The van der Waals surface area contributed by atoms with E-state index in [4.69, 9.17) is 0 Å². The average molecular weight is 538 g/mol. The van der Waals surface area contributed by atoms with Gasteiger partial charge in [-0.2, -0.15) is 8.42 Å². The molecule has 1 N–H and O–H groups in total. The number of urea groups is 1. The molecule has 2 aliphatic rings. The van der Waals surface area contributed by atoms with E-state index in [0.717, 1.165) is 37.5 Å². The lowest BCUT2D eigenvalue weighted by atomic mass is 9.81. The Kier molecular flexibility index (Phi) is 7.31. The molecule has 0 spiro atoms. The van der Waals surface area contributed by atoms with Crippen molar-refractivity contribution in [2.45, 2.75) is 32.6 Å². The average Bonchev–Trinajstić information content (AvgIpc) is 3.08. The molecule has 0 radical (unpaired) electrons. The van der Waals surface area contributed by atoms with Gasteiger partial charge in [-0.25, -0.2) is 4.79 Å². The molecule has 200 valence electrons. The van der Waals surface area contributed by atoms with E-state index in [1.165, 1.54) is 13.1 Å². The third-order valence-corrected chi connectivity index (χ3v) is 7.82. The van der Waals surface area contributed by atoms with Gasteiger partial charge in [-0.15, -0.1) is 0 Å². The van der Waals surface area contributed by atoms with E-state index >= 15 is 0 Å². The number of carbonyl (C=O) groups is 3. The zero-order chi connectivity index (χ0) is 27.8. The summed E-state index contributed by atoms with van der Waals surface area (Å²) in [7, 11) is -2.76. The summed E-state index contributed by atoms with van der Waals surface area (Å²) in [6.07, 6.45) is 6.82. The highest BCUT2D eigenvalue weighted by atomic mass is 32.2. The van der Waals surface area contributed by atoms with Crippen molar-refractivity contribution >= 4 is 44.4 Å². The molecule has 38 heavy (non-hydrogen) atoms. The van der Waals surface area contributed by atoms with Crippen molar-refractivity contribution in [1.82, 2.24) is 9.80 Å². The molecule has 0 unspecified atom stereocenters. The third-order valence-electron chi connectivity index (χ3n) is 7.01. The summed E-state index contributed by atoms with van der Waals surface area (Å²) in [6.45, 7) is 6.36. The predicted octanol–water partition coefficient (Wildman–Crippen LogP) is 4.02. The Labute approximate surface area is 222 Å². The van der Waals surface area contributed by atoms with Crippen molar-refractivity contribution in [1.29, 1.82) is 0 Å². The summed E-state index contributed by atoms with van der Waals surface area (Å²) >= 11 is 0. The van der Waals surface area contributed by atoms with Gasteiger partial charge in [-0.1, -0.05) is 56.3 Å². The molecule has 4 amide bonds. The Morgan fingerprint density at radius 1 is 0.947 bits per heavy atom. The minimum atomic E-state index is -4.10. The fourth-order valence-electron chi connectivity index (χ4n) is 5.17. The van der Waals surface area contributed by atoms with Gasteiger partial charge < -0.3 is 4.90 Å². The third kappa shape index (κ3) is 4.89. The monoisotopic (exact) mass is 537 g/mol. The molecule has 1 saturated heterocycles. The molecule has 0 aromatic heterocycles. The first-order valence-electron chi connectivity index (χ1n) is 12.4. The largest absolute Gasteiger partial charge is 0.344 e. The fourth-order valence-corrected chi connectivity index (χ4v) is 5.67. The summed E-state index contributed by atoms with van der Waals surface area (Å²) in [5.41, 5.74) is 2.41. The molecular formula is C28H31N3O6S. The number of fused-ring (bicyclic) bond motifs is 3. The lowest BCUT2D eigenvalue weighted by Gasteiger charge is -2.30. The minimum Gasteiger partial charge on any atom is -0.344 e. The van der Waals surface area contributed by atoms with Crippen molar-refractivity contribution in [3.63, 3.8) is 0 Å². The highest BCUT2D eigenvalue weighted by molar-refractivity contribution is 7.85. The predicted molar refractivity (Wildman–Crippen MR) is 146 cm³/mol. The molecule has 2 aromatic carbocycles. The van der Waals surface area contributed by atoms with Crippen molar-refractivity contribution in [3.05, 3.63) is 77.5 Å².